The van der Waals surface area contributed by atoms with E-state index in [1.165, 1.54) is 26.0 Å². The van der Waals surface area contributed by atoms with Crippen molar-refractivity contribution in [1.29, 1.82) is 0 Å². The summed E-state index contributed by atoms with van der Waals surface area (Å²) in [6, 6.07) is 3.28. The molecule has 0 fully saturated rings. The molecule has 1 aromatic heterocycles. The van der Waals surface area contributed by atoms with Gasteiger partial charge >= 0.3 is 0 Å². The molecule has 9 heteroatoms. The molecule has 2 heterocycles. The summed E-state index contributed by atoms with van der Waals surface area (Å²) < 4.78 is 12.1. The van der Waals surface area contributed by atoms with E-state index < -0.39 is 5.25 Å². The predicted molar refractivity (Wildman–Crippen MR) is 99.6 cm³/mol. The number of phenolic OH excluding ortho intramolecular Hbond substituents is 1. The van der Waals surface area contributed by atoms with Gasteiger partial charge in [-0.3, -0.25) is 19.4 Å². The Balaban J connectivity index is 2.22. The van der Waals surface area contributed by atoms with Crippen molar-refractivity contribution in [2.24, 2.45) is 0 Å². The molecule has 0 saturated heterocycles. The molecule has 1 aliphatic heterocycles. The van der Waals surface area contributed by atoms with Gasteiger partial charge in [0, 0.05) is 6.04 Å². The SMILES string of the molecule is COc1cc([C@H]2SCC(=O)Nc3c2c(=O)[nH]n3C(C)C)cc(OC)c1O. The molecule has 1 amide bonds. The summed E-state index contributed by atoms with van der Waals surface area (Å²) in [7, 11) is 2.88. The number of methoxy groups -OCH3 is 2. The summed E-state index contributed by atoms with van der Waals surface area (Å²) in [6.45, 7) is 3.84. The van der Waals surface area contributed by atoms with Crippen LogP contribution in [0.5, 0.6) is 17.2 Å². The Morgan fingerprint density at radius 3 is 2.38 bits per heavy atom. The number of nitrogens with zero attached hydrogens (tertiary/aromatic N) is 1. The third-order valence-corrected chi connectivity index (χ3v) is 5.46. The van der Waals surface area contributed by atoms with Crippen molar-refractivity contribution in [2.75, 3.05) is 25.3 Å². The number of phenols is 1. The molecule has 8 nitrogen and oxygen atoms in total. The van der Waals surface area contributed by atoms with Gasteiger partial charge < -0.3 is 19.9 Å². The first-order valence-electron chi connectivity index (χ1n) is 8.08. The minimum absolute atomic E-state index is 0.0283. The van der Waals surface area contributed by atoms with Gasteiger partial charge in [0.25, 0.3) is 5.56 Å². The zero-order valence-corrected chi connectivity index (χ0v) is 15.8. The number of aromatic hydroxyl groups is 1. The molecule has 1 aromatic carbocycles. The number of carbonyl (C=O) groups excluding carboxylic acids is 1. The quantitative estimate of drug-likeness (QED) is 0.752. The van der Waals surface area contributed by atoms with Gasteiger partial charge in [0.2, 0.25) is 11.7 Å². The fraction of sp³-hybridized carbons (Fsp3) is 0.412. The largest absolute Gasteiger partial charge is 0.502 e. The molecule has 1 atom stereocenters. The number of fused-ring (bicyclic) bond motifs is 1. The van der Waals surface area contributed by atoms with E-state index in [0.717, 1.165) is 0 Å². The Bertz CT molecular complexity index is 877. The van der Waals surface area contributed by atoms with Gasteiger partial charge in [-0.1, -0.05) is 0 Å². The Morgan fingerprint density at radius 2 is 1.85 bits per heavy atom. The van der Waals surface area contributed by atoms with Crippen molar-refractivity contribution in [3.8, 4) is 17.2 Å². The number of benzene rings is 1. The number of nitrogens with one attached hydrogen (secondary N) is 2. The summed E-state index contributed by atoms with van der Waals surface area (Å²) in [4.78, 5) is 24.8. The van der Waals surface area contributed by atoms with Crippen molar-refractivity contribution >= 4 is 23.5 Å². The fourth-order valence-corrected chi connectivity index (χ4v) is 4.06. The van der Waals surface area contributed by atoms with Crippen LogP contribution in [0.15, 0.2) is 16.9 Å². The van der Waals surface area contributed by atoms with E-state index in [0.29, 0.717) is 16.9 Å². The average Bonchev–Trinajstić information content (AvgIpc) is 2.82. The van der Waals surface area contributed by atoms with Crippen molar-refractivity contribution in [2.45, 2.75) is 25.1 Å². The van der Waals surface area contributed by atoms with E-state index in [9.17, 15) is 14.7 Å². The highest BCUT2D eigenvalue weighted by atomic mass is 32.2. The molecular formula is C17H21N3O5S. The first kappa shape index (κ1) is 18.2. The molecular weight excluding hydrogens is 358 g/mol. The lowest BCUT2D eigenvalue weighted by Gasteiger charge is -2.17. The number of aromatic amines is 1. The zero-order valence-electron chi connectivity index (χ0n) is 15.0. The van der Waals surface area contributed by atoms with Gasteiger partial charge in [0.15, 0.2) is 11.5 Å². The Kier molecular flexibility index (Phi) is 4.90. The summed E-state index contributed by atoms with van der Waals surface area (Å²) in [5.41, 5.74) is 0.898. The number of H-pyrrole nitrogens is 1. The zero-order chi connectivity index (χ0) is 19.0. The van der Waals surface area contributed by atoms with Crippen LogP contribution in [0.1, 0.15) is 36.3 Å². The highest BCUT2D eigenvalue weighted by Gasteiger charge is 2.32. The Labute approximate surface area is 154 Å². The van der Waals surface area contributed by atoms with Crippen LogP contribution in [-0.4, -0.2) is 40.8 Å². The maximum absolute atomic E-state index is 12.7. The summed E-state index contributed by atoms with van der Waals surface area (Å²) in [5.74, 6) is 0.860. The summed E-state index contributed by atoms with van der Waals surface area (Å²) in [5, 5.41) is 15.3. The van der Waals surface area contributed by atoms with Crippen LogP contribution in [0.2, 0.25) is 0 Å². The molecule has 3 N–H and O–H groups in total. The van der Waals surface area contributed by atoms with Gasteiger partial charge in [0.05, 0.1) is 30.8 Å². The lowest BCUT2D eigenvalue weighted by molar-refractivity contribution is -0.113. The summed E-state index contributed by atoms with van der Waals surface area (Å²) in [6.07, 6.45) is 0. The van der Waals surface area contributed by atoms with E-state index in [4.69, 9.17) is 9.47 Å². The number of anilines is 1. The van der Waals surface area contributed by atoms with Crippen LogP contribution in [0.25, 0.3) is 0 Å². The number of hydrogen-bond donors (Lipinski definition) is 3. The number of carbonyl (C=O) groups is 1. The highest BCUT2D eigenvalue weighted by molar-refractivity contribution is 8.00. The van der Waals surface area contributed by atoms with Gasteiger partial charge in [0.1, 0.15) is 5.82 Å². The van der Waals surface area contributed by atoms with Gasteiger partial charge in [-0.25, -0.2) is 0 Å². The van der Waals surface area contributed by atoms with Gasteiger partial charge in [-0.05, 0) is 31.5 Å². The van der Waals surface area contributed by atoms with E-state index >= 15 is 0 Å². The van der Waals surface area contributed by atoms with Gasteiger partial charge in [-0.2, -0.15) is 0 Å². The smallest absolute Gasteiger partial charge is 0.270 e. The number of rotatable bonds is 4. The standard InChI is InChI=1S/C17H21N3O5S/c1-8(2)20-16-13(17(23)19-20)15(26-7-12(21)18-16)9-5-10(24-3)14(22)11(6-9)25-4/h5-6,8,15,22H,7H2,1-4H3,(H,18,21)(H,19,23)/t15-/m1/s1. The molecule has 1 aliphatic rings. The molecule has 3 rings (SSSR count). The van der Waals surface area contributed by atoms with Crippen LogP contribution < -0.4 is 20.3 Å². The predicted octanol–water partition coefficient (Wildman–Crippen LogP) is 2.25. The summed E-state index contributed by atoms with van der Waals surface area (Å²) >= 11 is 1.33. The van der Waals surface area contributed by atoms with E-state index in [1.54, 1.807) is 16.8 Å². The number of thioether (sulfide) groups is 1. The van der Waals surface area contributed by atoms with E-state index in [-0.39, 0.29) is 40.5 Å². The molecule has 0 spiro atoms. The third-order valence-electron chi connectivity index (χ3n) is 4.19. The molecule has 140 valence electrons. The van der Waals surface area contributed by atoms with Crippen molar-refractivity contribution in [3.63, 3.8) is 0 Å². The van der Waals surface area contributed by atoms with Crippen LogP contribution in [0.4, 0.5) is 5.82 Å². The molecule has 0 aliphatic carbocycles. The maximum Gasteiger partial charge on any atom is 0.270 e. The second kappa shape index (κ2) is 6.99. The fourth-order valence-electron chi connectivity index (χ4n) is 2.96. The lowest BCUT2D eigenvalue weighted by Crippen LogP contribution is -2.17. The number of amides is 1. The van der Waals surface area contributed by atoms with Crippen LogP contribution >= 0.6 is 11.8 Å². The van der Waals surface area contributed by atoms with Crippen LogP contribution in [0, 0.1) is 0 Å². The first-order chi connectivity index (χ1) is 12.4. The number of hydrogen-bond acceptors (Lipinski definition) is 6. The first-order valence-corrected chi connectivity index (χ1v) is 9.13. The van der Waals surface area contributed by atoms with Crippen molar-refractivity contribution in [3.05, 3.63) is 33.6 Å². The molecule has 0 bridgehead atoms. The van der Waals surface area contributed by atoms with E-state index in [1.807, 2.05) is 13.8 Å². The molecule has 0 saturated carbocycles. The van der Waals surface area contributed by atoms with Crippen molar-refractivity contribution in [1.82, 2.24) is 9.78 Å². The molecule has 0 radical (unpaired) electrons. The normalized spacial score (nSPS) is 16.8. The lowest BCUT2D eigenvalue weighted by atomic mass is 10.0. The third kappa shape index (κ3) is 3.03. The molecule has 0 unspecified atom stereocenters. The second-order valence-corrected chi connectivity index (χ2v) is 7.27. The monoisotopic (exact) mass is 379 g/mol. The van der Waals surface area contributed by atoms with Gasteiger partial charge in [-0.15, -0.1) is 11.8 Å². The minimum atomic E-state index is -0.420. The molecule has 26 heavy (non-hydrogen) atoms. The Morgan fingerprint density at radius 1 is 1.23 bits per heavy atom. The number of ether oxygens (including phenoxy) is 2. The van der Waals surface area contributed by atoms with Crippen LogP contribution in [0.3, 0.4) is 0 Å². The van der Waals surface area contributed by atoms with E-state index in [2.05, 4.69) is 10.4 Å². The van der Waals surface area contributed by atoms with Crippen molar-refractivity contribution < 1.29 is 19.4 Å². The van der Waals surface area contributed by atoms with Crippen LogP contribution in [-0.2, 0) is 4.79 Å². The second-order valence-electron chi connectivity index (χ2n) is 6.18. The highest BCUT2D eigenvalue weighted by Crippen LogP contribution is 2.45. The minimum Gasteiger partial charge on any atom is -0.502 e. The average molecular weight is 379 g/mol. The molecule has 2 aromatic rings. The number of aromatic nitrogens is 2. The maximum atomic E-state index is 12.7. The Hall–Kier alpha value is -2.55. The topological polar surface area (TPSA) is 106 Å².